The summed E-state index contributed by atoms with van der Waals surface area (Å²) in [5.74, 6) is 0. The molecule has 1 N–H and O–H groups in total. The lowest BCUT2D eigenvalue weighted by molar-refractivity contribution is 0.0367. The van der Waals surface area contributed by atoms with Gasteiger partial charge >= 0.3 is 0 Å². The first kappa shape index (κ1) is 12.2. The van der Waals surface area contributed by atoms with Crippen LogP contribution >= 0.6 is 10.7 Å². The van der Waals surface area contributed by atoms with Crippen molar-refractivity contribution in [1.29, 1.82) is 0 Å². The molecule has 1 saturated carbocycles. The van der Waals surface area contributed by atoms with E-state index >= 15 is 0 Å². The summed E-state index contributed by atoms with van der Waals surface area (Å²) >= 11 is 0. The maximum Gasteiger partial charge on any atom is 0.238 e. The van der Waals surface area contributed by atoms with Gasteiger partial charge in [0.2, 0.25) is 9.05 Å². The van der Waals surface area contributed by atoms with Crippen LogP contribution in [0.25, 0.3) is 0 Å². The molecule has 0 saturated heterocycles. The molecule has 1 rings (SSSR count). The lowest BCUT2D eigenvalue weighted by Crippen LogP contribution is -2.27. The van der Waals surface area contributed by atoms with Crippen LogP contribution in [0.4, 0.5) is 0 Å². The molecule has 84 valence electrons. The van der Waals surface area contributed by atoms with Gasteiger partial charge < -0.3 is 9.84 Å². The predicted octanol–water partition coefficient (Wildman–Crippen LogP) is 0.875. The SMILES string of the molecule is CCOCC(O)CC1(S(=O)(=O)Cl)CC1. The highest BCUT2D eigenvalue weighted by Crippen LogP contribution is 2.49. The smallest absolute Gasteiger partial charge is 0.238 e. The number of aliphatic hydroxyl groups is 1. The second kappa shape index (κ2) is 4.35. The third-order valence-electron chi connectivity index (χ3n) is 2.45. The van der Waals surface area contributed by atoms with Gasteiger partial charge in [-0.3, -0.25) is 0 Å². The molecular formula is C8H15ClO4S. The molecule has 0 heterocycles. The van der Waals surface area contributed by atoms with Crippen LogP contribution in [0.2, 0.25) is 0 Å². The molecule has 0 aliphatic heterocycles. The molecule has 6 heteroatoms. The molecule has 1 aliphatic carbocycles. The monoisotopic (exact) mass is 242 g/mol. The van der Waals surface area contributed by atoms with Crippen LogP contribution in [0.15, 0.2) is 0 Å². The number of ether oxygens (including phenoxy) is 1. The van der Waals surface area contributed by atoms with Crippen LogP contribution < -0.4 is 0 Å². The molecule has 14 heavy (non-hydrogen) atoms. The van der Waals surface area contributed by atoms with Gasteiger partial charge in [0.05, 0.1) is 17.5 Å². The summed E-state index contributed by atoms with van der Waals surface area (Å²) in [5, 5.41) is 9.47. The molecule has 0 aromatic heterocycles. The third kappa shape index (κ3) is 2.82. The average molecular weight is 243 g/mol. The Hall–Kier alpha value is 0.160. The summed E-state index contributed by atoms with van der Waals surface area (Å²) in [4.78, 5) is 0. The Bertz CT molecular complexity index is 284. The molecule has 4 nitrogen and oxygen atoms in total. The van der Waals surface area contributed by atoms with Crippen molar-refractivity contribution >= 4 is 19.7 Å². The number of rotatable bonds is 6. The summed E-state index contributed by atoms with van der Waals surface area (Å²) in [6.07, 6.45) is 0.522. The molecule has 0 spiro atoms. The van der Waals surface area contributed by atoms with Gasteiger partial charge in [0, 0.05) is 17.3 Å². The maximum absolute atomic E-state index is 11.1. The van der Waals surface area contributed by atoms with E-state index in [-0.39, 0.29) is 13.0 Å². The average Bonchev–Trinajstić information content (AvgIpc) is 2.80. The highest BCUT2D eigenvalue weighted by Gasteiger charge is 2.54. The summed E-state index contributed by atoms with van der Waals surface area (Å²) < 4.78 is 26.4. The lowest BCUT2D eigenvalue weighted by Gasteiger charge is -2.16. The van der Waals surface area contributed by atoms with Crippen molar-refractivity contribution in [3.05, 3.63) is 0 Å². The Morgan fingerprint density at radius 3 is 2.50 bits per heavy atom. The first-order valence-corrected chi connectivity index (χ1v) is 6.92. The zero-order valence-electron chi connectivity index (χ0n) is 8.07. The van der Waals surface area contributed by atoms with E-state index in [1.54, 1.807) is 0 Å². The van der Waals surface area contributed by atoms with Crippen molar-refractivity contribution in [3.63, 3.8) is 0 Å². The Kier molecular flexibility index (Phi) is 3.80. The maximum atomic E-state index is 11.1. The van der Waals surface area contributed by atoms with E-state index in [2.05, 4.69) is 0 Å². The molecule has 0 amide bonds. The van der Waals surface area contributed by atoms with Crippen molar-refractivity contribution in [2.24, 2.45) is 0 Å². The Morgan fingerprint density at radius 2 is 2.14 bits per heavy atom. The van der Waals surface area contributed by atoms with Crippen LogP contribution in [0.5, 0.6) is 0 Å². The quantitative estimate of drug-likeness (QED) is 0.703. The molecule has 0 radical (unpaired) electrons. The summed E-state index contributed by atoms with van der Waals surface area (Å²) in [7, 11) is 1.73. The van der Waals surface area contributed by atoms with E-state index in [0.29, 0.717) is 19.4 Å². The second-order valence-electron chi connectivity index (χ2n) is 3.64. The number of hydrogen-bond acceptors (Lipinski definition) is 4. The second-order valence-corrected chi connectivity index (χ2v) is 6.60. The topological polar surface area (TPSA) is 63.6 Å². The first-order chi connectivity index (χ1) is 6.41. The van der Waals surface area contributed by atoms with Crippen molar-refractivity contribution in [3.8, 4) is 0 Å². The van der Waals surface area contributed by atoms with Gasteiger partial charge in [-0.05, 0) is 26.2 Å². The fourth-order valence-corrected chi connectivity index (χ4v) is 3.06. The minimum atomic E-state index is -3.55. The largest absolute Gasteiger partial charge is 0.391 e. The number of aliphatic hydroxyl groups excluding tert-OH is 1. The minimum absolute atomic E-state index is 0.171. The summed E-state index contributed by atoms with van der Waals surface area (Å²) in [6, 6.07) is 0. The van der Waals surface area contributed by atoms with E-state index in [1.165, 1.54) is 0 Å². The van der Waals surface area contributed by atoms with Crippen LogP contribution in [0, 0.1) is 0 Å². The number of hydrogen-bond donors (Lipinski definition) is 1. The van der Waals surface area contributed by atoms with Crippen molar-refractivity contribution in [2.75, 3.05) is 13.2 Å². The van der Waals surface area contributed by atoms with Gasteiger partial charge in [0.25, 0.3) is 0 Å². The predicted molar refractivity (Wildman–Crippen MR) is 53.9 cm³/mol. The molecule has 1 unspecified atom stereocenters. The Morgan fingerprint density at radius 1 is 1.57 bits per heavy atom. The standard InChI is InChI=1S/C8H15ClO4S/c1-2-13-6-7(10)5-8(3-4-8)14(9,11)12/h7,10H,2-6H2,1H3. The van der Waals surface area contributed by atoms with E-state index < -0.39 is 19.9 Å². The first-order valence-electron chi connectivity index (χ1n) is 4.61. The molecule has 0 aromatic rings. The van der Waals surface area contributed by atoms with Gasteiger partial charge in [-0.1, -0.05) is 0 Å². The van der Waals surface area contributed by atoms with Gasteiger partial charge in [0.15, 0.2) is 0 Å². The normalized spacial score (nSPS) is 21.9. The van der Waals surface area contributed by atoms with E-state index in [4.69, 9.17) is 15.4 Å². The zero-order chi connectivity index (χ0) is 10.8. The summed E-state index contributed by atoms with van der Waals surface area (Å²) in [5.41, 5.74) is 0. The zero-order valence-corrected chi connectivity index (χ0v) is 9.64. The Balaban J connectivity index is 2.44. The van der Waals surface area contributed by atoms with Crippen molar-refractivity contribution < 1.29 is 18.3 Å². The van der Waals surface area contributed by atoms with Gasteiger partial charge in [-0.15, -0.1) is 0 Å². The lowest BCUT2D eigenvalue weighted by atomic mass is 10.2. The molecule has 1 atom stereocenters. The fourth-order valence-electron chi connectivity index (χ4n) is 1.43. The molecule has 0 aromatic carbocycles. The molecular weight excluding hydrogens is 228 g/mol. The van der Waals surface area contributed by atoms with Crippen LogP contribution in [-0.2, 0) is 13.8 Å². The Labute approximate surface area is 88.6 Å². The fraction of sp³-hybridized carbons (Fsp3) is 1.00. The van der Waals surface area contributed by atoms with E-state index in [0.717, 1.165) is 0 Å². The molecule has 1 aliphatic rings. The van der Waals surface area contributed by atoms with Crippen LogP contribution in [-0.4, -0.2) is 37.6 Å². The molecule has 1 fully saturated rings. The van der Waals surface area contributed by atoms with Crippen molar-refractivity contribution in [1.82, 2.24) is 0 Å². The molecule has 0 bridgehead atoms. The van der Waals surface area contributed by atoms with E-state index in [1.807, 2.05) is 6.92 Å². The van der Waals surface area contributed by atoms with E-state index in [9.17, 15) is 13.5 Å². The van der Waals surface area contributed by atoms with Gasteiger partial charge in [-0.2, -0.15) is 0 Å². The highest BCUT2D eigenvalue weighted by atomic mass is 35.7. The van der Waals surface area contributed by atoms with Gasteiger partial charge in [0.1, 0.15) is 0 Å². The summed E-state index contributed by atoms with van der Waals surface area (Å²) in [6.45, 7) is 2.50. The minimum Gasteiger partial charge on any atom is -0.391 e. The van der Waals surface area contributed by atoms with Crippen LogP contribution in [0.3, 0.4) is 0 Å². The number of halogens is 1. The highest BCUT2D eigenvalue weighted by molar-refractivity contribution is 8.15. The third-order valence-corrected chi connectivity index (χ3v) is 5.04. The van der Waals surface area contributed by atoms with Crippen molar-refractivity contribution in [2.45, 2.75) is 37.0 Å². The van der Waals surface area contributed by atoms with Crippen LogP contribution in [0.1, 0.15) is 26.2 Å². The van der Waals surface area contributed by atoms with Gasteiger partial charge in [-0.25, -0.2) is 8.42 Å².